The summed E-state index contributed by atoms with van der Waals surface area (Å²) in [6.45, 7) is 4.69. The van der Waals surface area contributed by atoms with E-state index in [0.29, 0.717) is 0 Å². The fourth-order valence-electron chi connectivity index (χ4n) is 3.60. The molecular formula is C17H34. The number of unbranched alkanes of at least 4 members (excludes halogenated alkanes) is 2. The summed E-state index contributed by atoms with van der Waals surface area (Å²) in [5.74, 6) is 2.14. The Labute approximate surface area is 110 Å². The van der Waals surface area contributed by atoms with Crippen LogP contribution in [0, 0.1) is 11.8 Å². The molecule has 1 aliphatic carbocycles. The van der Waals surface area contributed by atoms with E-state index < -0.39 is 0 Å². The van der Waals surface area contributed by atoms with Gasteiger partial charge in [0.25, 0.3) is 0 Å². The summed E-state index contributed by atoms with van der Waals surface area (Å²) in [6.07, 6.45) is 19.3. The second kappa shape index (κ2) is 9.97. The Kier molecular flexibility index (Phi) is 8.83. The Hall–Kier alpha value is 0. The molecule has 0 N–H and O–H groups in total. The van der Waals surface area contributed by atoms with Crippen molar-refractivity contribution >= 4 is 0 Å². The molecule has 1 aliphatic rings. The lowest BCUT2D eigenvalue weighted by Gasteiger charge is -2.28. The molecule has 0 bridgehead atoms. The van der Waals surface area contributed by atoms with Gasteiger partial charge in [0.2, 0.25) is 0 Å². The van der Waals surface area contributed by atoms with Crippen molar-refractivity contribution in [2.75, 3.05) is 0 Å². The van der Waals surface area contributed by atoms with E-state index in [1.807, 2.05) is 0 Å². The summed E-state index contributed by atoms with van der Waals surface area (Å²) < 4.78 is 0. The van der Waals surface area contributed by atoms with Gasteiger partial charge in [0.05, 0.1) is 0 Å². The summed E-state index contributed by atoms with van der Waals surface area (Å²) in [5.41, 5.74) is 0. The maximum atomic E-state index is 2.37. The molecule has 1 unspecified atom stereocenters. The second-order valence-electron chi connectivity index (χ2n) is 6.15. The first-order valence-corrected chi connectivity index (χ1v) is 8.38. The SMILES string of the molecule is CCCCCC(CCC)C1CCCCCCC1. The molecule has 0 heterocycles. The topological polar surface area (TPSA) is 0 Å². The quantitative estimate of drug-likeness (QED) is 0.454. The average molecular weight is 238 g/mol. The molecule has 0 aliphatic heterocycles. The van der Waals surface area contributed by atoms with Crippen molar-refractivity contribution in [1.82, 2.24) is 0 Å². The van der Waals surface area contributed by atoms with Crippen molar-refractivity contribution in [1.29, 1.82) is 0 Å². The van der Waals surface area contributed by atoms with Crippen LogP contribution in [0.4, 0.5) is 0 Å². The fraction of sp³-hybridized carbons (Fsp3) is 1.00. The van der Waals surface area contributed by atoms with Crippen molar-refractivity contribution in [3.05, 3.63) is 0 Å². The summed E-state index contributed by atoms with van der Waals surface area (Å²) in [4.78, 5) is 0. The minimum atomic E-state index is 1.06. The average Bonchev–Trinajstić information content (AvgIpc) is 2.28. The van der Waals surface area contributed by atoms with Crippen LogP contribution >= 0.6 is 0 Å². The Morgan fingerprint density at radius 3 is 2.00 bits per heavy atom. The Bertz CT molecular complexity index is 153. The number of hydrogen-bond acceptors (Lipinski definition) is 0. The van der Waals surface area contributed by atoms with Crippen LogP contribution in [0.2, 0.25) is 0 Å². The van der Waals surface area contributed by atoms with Crippen LogP contribution in [-0.2, 0) is 0 Å². The van der Waals surface area contributed by atoms with Gasteiger partial charge < -0.3 is 0 Å². The standard InChI is InChI=1S/C17H34/c1-3-5-9-13-16(12-4-2)17-14-10-7-6-8-11-15-17/h16-17H,3-15H2,1-2H3. The van der Waals surface area contributed by atoms with E-state index in [-0.39, 0.29) is 0 Å². The zero-order valence-electron chi connectivity index (χ0n) is 12.3. The molecule has 1 atom stereocenters. The van der Waals surface area contributed by atoms with E-state index in [9.17, 15) is 0 Å². The van der Waals surface area contributed by atoms with E-state index in [4.69, 9.17) is 0 Å². The minimum Gasteiger partial charge on any atom is -0.0654 e. The van der Waals surface area contributed by atoms with Gasteiger partial charge >= 0.3 is 0 Å². The van der Waals surface area contributed by atoms with Crippen LogP contribution in [-0.4, -0.2) is 0 Å². The normalized spacial score (nSPS) is 20.8. The third kappa shape index (κ3) is 6.48. The molecule has 0 heteroatoms. The highest BCUT2D eigenvalue weighted by molar-refractivity contribution is 4.72. The maximum Gasteiger partial charge on any atom is -0.0386 e. The van der Waals surface area contributed by atoms with Crippen LogP contribution in [0.15, 0.2) is 0 Å². The zero-order chi connectivity index (χ0) is 12.3. The van der Waals surface area contributed by atoms with Crippen LogP contribution in [0.25, 0.3) is 0 Å². The third-order valence-corrected chi connectivity index (χ3v) is 4.65. The smallest absolute Gasteiger partial charge is 0.0386 e. The molecule has 1 saturated carbocycles. The molecular weight excluding hydrogens is 204 g/mol. The summed E-state index contributed by atoms with van der Waals surface area (Å²) in [7, 11) is 0. The van der Waals surface area contributed by atoms with Gasteiger partial charge in [-0.15, -0.1) is 0 Å². The van der Waals surface area contributed by atoms with Gasteiger partial charge in [-0.3, -0.25) is 0 Å². The molecule has 0 saturated heterocycles. The van der Waals surface area contributed by atoms with Crippen molar-refractivity contribution in [2.24, 2.45) is 11.8 Å². The van der Waals surface area contributed by atoms with Crippen molar-refractivity contribution in [3.63, 3.8) is 0 Å². The highest BCUT2D eigenvalue weighted by atomic mass is 14.3. The largest absolute Gasteiger partial charge is 0.0654 e. The van der Waals surface area contributed by atoms with Crippen LogP contribution in [0.1, 0.15) is 97.3 Å². The predicted octanol–water partition coefficient (Wildman–Crippen LogP) is 6.34. The van der Waals surface area contributed by atoms with Gasteiger partial charge in [0, 0.05) is 0 Å². The Morgan fingerprint density at radius 2 is 1.41 bits per heavy atom. The second-order valence-corrected chi connectivity index (χ2v) is 6.15. The van der Waals surface area contributed by atoms with Crippen molar-refractivity contribution in [2.45, 2.75) is 97.3 Å². The van der Waals surface area contributed by atoms with E-state index in [1.54, 1.807) is 0 Å². The van der Waals surface area contributed by atoms with Gasteiger partial charge in [0.15, 0.2) is 0 Å². The Balaban J connectivity index is 2.35. The molecule has 17 heavy (non-hydrogen) atoms. The fourth-order valence-corrected chi connectivity index (χ4v) is 3.60. The van der Waals surface area contributed by atoms with Gasteiger partial charge in [-0.2, -0.15) is 0 Å². The number of hydrogen-bond donors (Lipinski definition) is 0. The lowest BCUT2D eigenvalue weighted by molar-refractivity contribution is 0.232. The molecule has 1 rings (SSSR count). The first-order valence-electron chi connectivity index (χ1n) is 8.38. The molecule has 1 fully saturated rings. The van der Waals surface area contributed by atoms with Gasteiger partial charge in [-0.1, -0.05) is 97.3 Å². The molecule has 0 aromatic rings. The first kappa shape index (κ1) is 15.1. The summed E-state index contributed by atoms with van der Waals surface area (Å²) in [5, 5.41) is 0. The molecule has 102 valence electrons. The minimum absolute atomic E-state index is 1.06. The molecule has 0 amide bonds. The lowest BCUT2D eigenvalue weighted by Crippen LogP contribution is -2.16. The third-order valence-electron chi connectivity index (χ3n) is 4.65. The van der Waals surface area contributed by atoms with Crippen molar-refractivity contribution < 1.29 is 0 Å². The molecule has 0 spiro atoms. The van der Waals surface area contributed by atoms with Crippen molar-refractivity contribution in [3.8, 4) is 0 Å². The summed E-state index contributed by atoms with van der Waals surface area (Å²) >= 11 is 0. The predicted molar refractivity (Wildman–Crippen MR) is 78.3 cm³/mol. The van der Waals surface area contributed by atoms with E-state index in [1.165, 1.54) is 83.5 Å². The molecule has 0 aromatic heterocycles. The highest BCUT2D eigenvalue weighted by Crippen LogP contribution is 2.33. The lowest BCUT2D eigenvalue weighted by atomic mass is 9.77. The van der Waals surface area contributed by atoms with Gasteiger partial charge in [-0.25, -0.2) is 0 Å². The Morgan fingerprint density at radius 1 is 0.765 bits per heavy atom. The first-order chi connectivity index (χ1) is 8.38. The van der Waals surface area contributed by atoms with Gasteiger partial charge in [0.1, 0.15) is 0 Å². The number of rotatable bonds is 7. The van der Waals surface area contributed by atoms with Gasteiger partial charge in [-0.05, 0) is 11.8 Å². The summed E-state index contributed by atoms with van der Waals surface area (Å²) in [6, 6.07) is 0. The maximum absolute atomic E-state index is 2.37. The zero-order valence-corrected chi connectivity index (χ0v) is 12.3. The highest BCUT2D eigenvalue weighted by Gasteiger charge is 2.20. The molecule has 0 radical (unpaired) electrons. The van der Waals surface area contributed by atoms with Crippen LogP contribution in [0.3, 0.4) is 0 Å². The molecule has 0 aromatic carbocycles. The monoisotopic (exact) mass is 238 g/mol. The van der Waals surface area contributed by atoms with E-state index in [2.05, 4.69) is 13.8 Å². The van der Waals surface area contributed by atoms with Crippen LogP contribution in [0.5, 0.6) is 0 Å². The molecule has 0 nitrogen and oxygen atoms in total. The van der Waals surface area contributed by atoms with E-state index >= 15 is 0 Å². The van der Waals surface area contributed by atoms with Crippen LogP contribution < -0.4 is 0 Å². The van der Waals surface area contributed by atoms with E-state index in [0.717, 1.165) is 11.8 Å².